The topological polar surface area (TPSA) is 75.3 Å². The maximum atomic E-state index is 12.2. The fourth-order valence-corrected chi connectivity index (χ4v) is 2.79. The summed E-state index contributed by atoms with van der Waals surface area (Å²) in [6.45, 7) is 2.33. The summed E-state index contributed by atoms with van der Waals surface area (Å²) < 4.78 is 5.15. The van der Waals surface area contributed by atoms with Gasteiger partial charge in [-0.3, -0.25) is 9.59 Å². The SMILES string of the molecule is COc1ccc(CCN(Cc2nc3ccccc3c(=O)[nH]2)C(C)=O)cc1. The van der Waals surface area contributed by atoms with E-state index >= 15 is 0 Å². The number of aromatic nitrogens is 2. The molecule has 1 aromatic heterocycles. The van der Waals surface area contributed by atoms with Crippen LogP contribution in [-0.2, 0) is 17.8 Å². The second kappa shape index (κ2) is 7.82. The van der Waals surface area contributed by atoms with E-state index in [1.54, 1.807) is 30.2 Å². The van der Waals surface area contributed by atoms with E-state index in [0.717, 1.165) is 11.3 Å². The van der Waals surface area contributed by atoms with Gasteiger partial charge in [-0.25, -0.2) is 4.98 Å². The third-order valence-electron chi connectivity index (χ3n) is 4.28. The zero-order chi connectivity index (χ0) is 18.5. The molecule has 6 nitrogen and oxygen atoms in total. The fourth-order valence-electron chi connectivity index (χ4n) is 2.79. The molecule has 0 aliphatic heterocycles. The number of rotatable bonds is 6. The Labute approximate surface area is 151 Å². The number of H-pyrrole nitrogens is 1. The molecular formula is C20H21N3O3. The summed E-state index contributed by atoms with van der Waals surface area (Å²) in [6, 6.07) is 14.9. The molecule has 3 rings (SSSR count). The highest BCUT2D eigenvalue weighted by atomic mass is 16.5. The van der Waals surface area contributed by atoms with Crippen LogP contribution in [-0.4, -0.2) is 34.4 Å². The predicted molar refractivity (Wildman–Crippen MR) is 100 cm³/mol. The minimum Gasteiger partial charge on any atom is -0.497 e. The van der Waals surface area contributed by atoms with Crippen molar-refractivity contribution in [2.24, 2.45) is 0 Å². The second-order valence-electron chi connectivity index (χ2n) is 6.07. The maximum absolute atomic E-state index is 12.2. The Balaban J connectivity index is 1.74. The molecule has 0 radical (unpaired) electrons. The van der Waals surface area contributed by atoms with Crippen LogP contribution in [0.4, 0.5) is 0 Å². The van der Waals surface area contributed by atoms with Gasteiger partial charge < -0.3 is 14.6 Å². The highest BCUT2D eigenvalue weighted by molar-refractivity contribution is 5.77. The van der Waals surface area contributed by atoms with Gasteiger partial charge in [-0.05, 0) is 36.2 Å². The van der Waals surface area contributed by atoms with Crippen molar-refractivity contribution in [2.45, 2.75) is 19.9 Å². The van der Waals surface area contributed by atoms with Crippen molar-refractivity contribution in [3.05, 3.63) is 70.3 Å². The molecule has 0 atom stereocenters. The lowest BCUT2D eigenvalue weighted by Gasteiger charge is -2.20. The molecule has 0 unspecified atom stereocenters. The second-order valence-corrected chi connectivity index (χ2v) is 6.07. The van der Waals surface area contributed by atoms with E-state index in [-0.39, 0.29) is 18.0 Å². The zero-order valence-corrected chi connectivity index (χ0v) is 14.9. The Kier molecular flexibility index (Phi) is 5.31. The number of nitrogens with zero attached hydrogens (tertiary/aromatic N) is 2. The largest absolute Gasteiger partial charge is 0.497 e. The first-order valence-corrected chi connectivity index (χ1v) is 8.43. The molecule has 0 saturated carbocycles. The van der Waals surface area contributed by atoms with Crippen molar-refractivity contribution in [2.75, 3.05) is 13.7 Å². The monoisotopic (exact) mass is 351 g/mol. The molecule has 1 N–H and O–H groups in total. The molecule has 0 bridgehead atoms. The number of hydrogen-bond acceptors (Lipinski definition) is 4. The van der Waals surface area contributed by atoms with Crippen molar-refractivity contribution in [3.63, 3.8) is 0 Å². The molecule has 0 saturated heterocycles. The smallest absolute Gasteiger partial charge is 0.258 e. The van der Waals surface area contributed by atoms with Gasteiger partial charge in [-0.1, -0.05) is 24.3 Å². The van der Waals surface area contributed by atoms with Crippen LogP contribution in [0.2, 0.25) is 0 Å². The summed E-state index contributed by atoms with van der Waals surface area (Å²) in [5.41, 5.74) is 1.55. The molecule has 0 fully saturated rings. The third-order valence-corrected chi connectivity index (χ3v) is 4.28. The molecule has 6 heteroatoms. The van der Waals surface area contributed by atoms with Crippen LogP contribution in [0.3, 0.4) is 0 Å². The number of carbonyl (C=O) groups excluding carboxylic acids is 1. The lowest BCUT2D eigenvalue weighted by molar-refractivity contribution is -0.129. The molecule has 134 valence electrons. The quantitative estimate of drug-likeness (QED) is 0.740. The predicted octanol–water partition coefficient (Wildman–Crippen LogP) is 2.52. The van der Waals surface area contributed by atoms with Gasteiger partial charge in [0.15, 0.2) is 0 Å². The van der Waals surface area contributed by atoms with Gasteiger partial charge in [0.1, 0.15) is 11.6 Å². The van der Waals surface area contributed by atoms with Gasteiger partial charge in [0.2, 0.25) is 5.91 Å². The lowest BCUT2D eigenvalue weighted by atomic mass is 10.1. The average Bonchev–Trinajstić information content (AvgIpc) is 2.65. The number of amides is 1. The van der Waals surface area contributed by atoms with Gasteiger partial charge >= 0.3 is 0 Å². The number of benzene rings is 2. The van der Waals surface area contributed by atoms with Gasteiger partial charge in [0.05, 0.1) is 24.6 Å². The normalized spacial score (nSPS) is 10.7. The molecule has 0 aliphatic carbocycles. The molecule has 1 amide bonds. The van der Waals surface area contributed by atoms with Gasteiger partial charge in [-0.15, -0.1) is 0 Å². The zero-order valence-electron chi connectivity index (χ0n) is 14.9. The lowest BCUT2D eigenvalue weighted by Crippen LogP contribution is -2.32. The van der Waals surface area contributed by atoms with E-state index in [2.05, 4.69) is 9.97 Å². The Morgan fingerprint density at radius 3 is 2.58 bits per heavy atom. The van der Waals surface area contributed by atoms with Crippen molar-refractivity contribution >= 4 is 16.8 Å². The number of para-hydroxylation sites is 1. The third kappa shape index (κ3) is 4.08. The van der Waals surface area contributed by atoms with Crippen LogP contribution in [0.15, 0.2) is 53.3 Å². The molecule has 1 heterocycles. The maximum Gasteiger partial charge on any atom is 0.258 e. The summed E-state index contributed by atoms with van der Waals surface area (Å²) in [4.78, 5) is 33.1. The average molecular weight is 351 g/mol. The number of fused-ring (bicyclic) bond motifs is 1. The molecule has 0 spiro atoms. The van der Waals surface area contributed by atoms with Gasteiger partial charge in [0.25, 0.3) is 5.56 Å². The Bertz CT molecular complexity index is 964. The van der Waals surface area contributed by atoms with E-state index in [9.17, 15) is 9.59 Å². The highest BCUT2D eigenvalue weighted by Crippen LogP contribution is 2.13. The first kappa shape index (κ1) is 17.7. The number of methoxy groups -OCH3 is 1. The summed E-state index contributed by atoms with van der Waals surface area (Å²) in [7, 11) is 1.63. The van der Waals surface area contributed by atoms with E-state index in [0.29, 0.717) is 29.7 Å². The Morgan fingerprint density at radius 1 is 1.15 bits per heavy atom. The molecule has 2 aromatic carbocycles. The van der Waals surface area contributed by atoms with Gasteiger partial charge in [-0.2, -0.15) is 0 Å². The standard InChI is InChI=1S/C20H21N3O3/c1-14(24)23(12-11-15-7-9-16(26-2)10-8-15)13-19-21-18-6-4-3-5-17(18)20(25)22-19/h3-10H,11-13H2,1-2H3,(H,21,22,25). The number of ether oxygens (including phenoxy) is 1. The summed E-state index contributed by atoms with van der Waals surface area (Å²) in [5.74, 6) is 1.23. The van der Waals surface area contributed by atoms with E-state index < -0.39 is 0 Å². The van der Waals surface area contributed by atoms with Crippen LogP contribution in [0.5, 0.6) is 5.75 Å². The minimum atomic E-state index is -0.191. The van der Waals surface area contributed by atoms with Crippen molar-refractivity contribution < 1.29 is 9.53 Å². The number of carbonyl (C=O) groups is 1. The Hall–Kier alpha value is -3.15. The number of hydrogen-bond donors (Lipinski definition) is 1. The molecule has 26 heavy (non-hydrogen) atoms. The van der Waals surface area contributed by atoms with Crippen LogP contribution in [0, 0.1) is 0 Å². The van der Waals surface area contributed by atoms with Crippen LogP contribution in [0.25, 0.3) is 10.9 Å². The fraction of sp³-hybridized carbons (Fsp3) is 0.250. The van der Waals surface area contributed by atoms with Gasteiger partial charge in [0, 0.05) is 13.5 Å². The first-order chi connectivity index (χ1) is 12.6. The molecular weight excluding hydrogens is 330 g/mol. The van der Waals surface area contributed by atoms with E-state index in [4.69, 9.17) is 4.74 Å². The van der Waals surface area contributed by atoms with Crippen molar-refractivity contribution in [3.8, 4) is 5.75 Å². The van der Waals surface area contributed by atoms with Crippen LogP contribution in [0.1, 0.15) is 18.3 Å². The number of aromatic amines is 1. The summed E-state index contributed by atoms with van der Waals surface area (Å²) in [5, 5.41) is 0.545. The highest BCUT2D eigenvalue weighted by Gasteiger charge is 2.12. The van der Waals surface area contributed by atoms with Crippen LogP contribution < -0.4 is 10.3 Å². The first-order valence-electron chi connectivity index (χ1n) is 8.43. The van der Waals surface area contributed by atoms with Crippen molar-refractivity contribution in [1.82, 2.24) is 14.9 Å². The van der Waals surface area contributed by atoms with E-state index in [1.165, 1.54) is 6.92 Å². The van der Waals surface area contributed by atoms with Crippen LogP contribution >= 0.6 is 0 Å². The summed E-state index contributed by atoms with van der Waals surface area (Å²) in [6.07, 6.45) is 0.710. The van der Waals surface area contributed by atoms with E-state index in [1.807, 2.05) is 30.3 Å². The number of nitrogens with one attached hydrogen (secondary N) is 1. The van der Waals surface area contributed by atoms with Crippen molar-refractivity contribution in [1.29, 1.82) is 0 Å². The summed E-state index contributed by atoms with van der Waals surface area (Å²) >= 11 is 0. The minimum absolute atomic E-state index is 0.0608. The Morgan fingerprint density at radius 2 is 1.88 bits per heavy atom. The molecule has 0 aliphatic rings. The molecule has 3 aromatic rings.